The Morgan fingerprint density at radius 2 is 0.494 bits per heavy atom. The largest absolute Gasteiger partial charge is 0.228 e. The highest BCUT2D eigenvalue weighted by Gasteiger charge is 2.14. The van der Waals surface area contributed by atoms with Crippen LogP contribution >= 0.6 is 43.5 Å². The third-order valence-electron chi connectivity index (χ3n) is 12.4. The van der Waals surface area contributed by atoms with Gasteiger partial charge < -0.3 is 0 Å². The molecule has 0 bridgehead atoms. The standard InChI is InChI=1S/C24H15ClN2.2C21H14BrN3/c25-23-15-22(20-11-9-16-5-1-3-7-18(16)13-20)26-24(27-23)21-12-10-17-6-2-4-8-19(17)14-21;2*22-18-13-11-17(12-14-18)21-24-19(15-7-3-1-4-8-15)23-20(25-21)16-9-5-2-6-10-16/h1-15H;2*1-14H. The lowest BCUT2D eigenvalue weighted by molar-refractivity contribution is 1.07. The van der Waals surface area contributed by atoms with Crippen LogP contribution in [0.1, 0.15) is 0 Å². The van der Waals surface area contributed by atoms with Crippen molar-refractivity contribution in [2.45, 2.75) is 0 Å². The molecule has 13 rings (SSSR count). The predicted molar refractivity (Wildman–Crippen MR) is 321 cm³/mol. The fraction of sp³-hybridized carbons (Fsp3) is 0. The van der Waals surface area contributed by atoms with Gasteiger partial charge in [-0.2, -0.15) is 0 Å². The van der Waals surface area contributed by atoms with Crippen LogP contribution in [0.25, 0.3) is 113 Å². The first-order valence-corrected chi connectivity index (χ1v) is 26.6. The summed E-state index contributed by atoms with van der Waals surface area (Å²) in [5, 5.41) is 5.17. The van der Waals surface area contributed by atoms with E-state index in [4.69, 9.17) is 36.5 Å². The van der Waals surface area contributed by atoms with Crippen molar-refractivity contribution in [3.05, 3.63) is 275 Å². The fourth-order valence-electron chi connectivity index (χ4n) is 8.44. The summed E-state index contributed by atoms with van der Waals surface area (Å²) in [7, 11) is 0. The van der Waals surface area contributed by atoms with Crippen LogP contribution in [0.4, 0.5) is 0 Å². The second-order valence-electron chi connectivity index (χ2n) is 17.6. The molecule has 0 spiro atoms. The molecule has 0 aliphatic carbocycles. The van der Waals surface area contributed by atoms with Gasteiger partial charge in [0.1, 0.15) is 5.15 Å². The van der Waals surface area contributed by atoms with Gasteiger partial charge in [-0.05, 0) is 57.9 Å². The van der Waals surface area contributed by atoms with Gasteiger partial charge in [0.25, 0.3) is 0 Å². The van der Waals surface area contributed by atoms with E-state index in [1.165, 1.54) is 16.2 Å². The summed E-state index contributed by atoms with van der Waals surface area (Å²) in [4.78, 5) is 37.4. The molecule has 10 aromatic carbocycles. The van der Waals surface area contributed by atoms with Crippen molar-refractivity contribution in [1.82, 2.24) is 39.9 Å². The van der Waals surface area contributed by atoms with E-state index in [1.54, 1.807) is 0 Å². The van der Waals surface area contributed by atoms with Crippen molar-refractivity contribution in [2.75, 3.05) is 0 Å². The van der Waals surface area contributed by atoms with E-state index >= 15 is 0 Å². The third-order valence-corrected chi connectivity index (χ3v) is 13.6. The van der Waals surface area contributed by atoms with E-state index in [9.17, 15) is 0 Å². The Hall–Kier alpha value is -8.93. The molecule has 11 heteroatoms. The maximum Gasteiger partial charge on any atom is 0.164 e. The zero-order valence-corrected chi connectivity index (χ0v) is 45.0. The van der Waals surface area contributed by atoms with E-state index < -0.39 is 0 Å². The Labute approximate surface area is 467 Å². The molecule has 0 fully saturated rings. The summed E-state index contributed by atoms with van der Waals surface area (Å²) in [5.41, 5.74) is 8.61. The summed E-state index contributed by atoms with van der Waals surface area (Å²) in [6.07, 6.45) is 0. The average Bonchev–Trinajstić information content (AvgIpc) is 3.50. The first kappa shape index (κ1) is 50.2. The fourth-order valence-corrected chi connectivity index (χ4v) is 9.16. The molecule has 0 aliphatic rings. The number of benzene rings is 10. The first-order chi connectivity index (χ1) is 37.8. The normalized spacial score (nSPS) is 10.8. The van der Waals surface area contributed by atoms with Crippen molar-refractivity contribution in [2.24, 2.45) is 0 Å². The minimum atomic E-state index is 0.441. The lowest BCUT2D eigenvalue weighted by atomic mass is 10.0. The number of aromatic nitrogens is 8. The zero-order chi connectivity index (χ0) is 52.3. The topological polar surface area (TPSA) is 103 Å². The monoisotopic (exact) mass is 1140 g/mol. The van der Waals surface area contributed by atoms with Gasteiger partial charge >= 0.3 is 0 Å². The van der Waals surface area contributed by atoms with Crippen LogP contribution in [0.3, 0.4) is 0 Å². The lowest BCUT2D eigenvalue weighted by Gasteiger charge is -2.08. The van der Waals surface area contributed by atoms with Gasteiger partial charge in [-0.25, -0.2) is 39.9 Å². The molecule has 0 saturated carbocycles. The van der Waals surface area contributed by atoms with Crippen LogP contribution < -0.4 is 0 Å². The highest BCUT2D eigenvalue weighted by atomic mass is 79.9. The Balaban J connectivity index is 0.000000123. The molecule has 13 aromatic rings. The minimum Gasteiger partial charge on any atom is -0.228 e. The van der Waals surface area contributed by atoms with Gasteiger partial charge in [0, 0.05) is 59.5 Å². The van der Waals surface area contributed by atoms with Gasteiger partial charge in [0.05, 0.1) is 5.69 Å². The molecule has 0 atom stereocenters. The molecule has 0 N–H and O–H groups in total. The highest BCUT2D eigenvalue weighted by molar-refractivity contribution is 9.10. The maximum atomic E-state index is 6.34. The van der Waals surface area contributed by atoms with Crippen LogP contribution in [-0.2, 0) is 0 Å². The van der Waals surface area contributed by atoms with Crippen LogP contribution in [0, 0.1) is 0 Å². The second kappa shape index (κ2) is 23.7. The predicted octanol–water partition coefficient (Wildman–Crippen LogP) is 18.0. The molecule has 0 amide bonds. The lowest BCUT2D eigenvalue weighted by Crippen LogP contribution is -1.99. The first-order valence-electron chi connectivity index (χ1n) is 24.6. The summed E-state index contributed by atoms with van der Waals surface area (Å²) in [5.74, 6) is 4.66. The van der Waals surface area contributed by atoms with Crippen LogP contribution in [0.2, 0.25) is 5.15 Å². The molecule has 368 valence electrons. The number of nitrogens with zero attached hydrogens (tertiary/aromatic N) is 8. The molecule has 77 heavy (non-hydrogen) atoms. The van der Waals surface area contributed by atoms with Crippen LogP contribution in [0.5, 0.6) is 0 Å². The van der Waals surface area contributed by atoms with E-state index in [1.807, 2.05) is 206 Å². The van der Waals surface area contributed by atoms with Crippen LogP contribution in [-0.4, -0.2) is 39.9 Å². The molecular weight excluding hydrogens is 1100 g/mol. The number of hydrogen-bond acceptors (Lipinski definition) is 8. The van der Waals surface area contributed by atoms with Gasteiger partial charge in [0.2, 0.25) is 0 Å². The van der Waals surface area contributed by atoms with Gasteiger partial charge in [-0.1, -0.05) is 262 Å². The van der Waals surface area contributed by atoms with Crippen molar-refractivity contribution in [1.29, 1.82) is 0 Å². The Morgan fingerprint density at radius 3 is 0.857 bits per heavy atom. The van der Waals surface area contributed by atoms with Crippen LogP contribution in [0.15, 0.2) is 270 Å². The summed E-state index contributed by atoms with van der Waals surface area (Å²) < 4.78 is 2.05. The molecule has 3 heterocycles. The second-order valence-corrected chi connectivity index (χ2v) is 19.8. The Morgan fingerprint density at radius 1 is 0.221 bits per heavy atom. The smallest absolute Gasteiger partial charge is 0.164 e. The van der Waals surface area contributed by atoms with Gasteiger partial charge in [-0.3, -0.25) is 0 Å². The molecule has 3 aromatic heterocycles. The molecular formula is C66H43Br2ClN8. The molecule has 0 saturated heterocycles. The maximum absolute atomic E-state index is 6.34. The SMILES string of the molecule is Brc1ccc(-c2nc(-c3ccccc3)nc(-c3ccccc3)n2)cc1.Brc1ccc(-c2nc(-c3ccccc3)nc(-c3ccccc3)n2)cc1.Clc1cc(-c2ccc3ccccc3c2)nc(-c2ccc3ccccc3c2)n1. The summed E-state index contributed by atoms with van der Waals surface area (Å²) in [6, 6.07) is 86.8. The molecule has 0 radical (unpaired) electrons. The van der Waals surface area contributed by atoms with Gasteiger partial charge in [0.15, 0.2) is 40.8 Å². The zero-order valence-electron chi connectivity index (χ0n) is 41.0. The van der Waals surface area contributed by atoms with Crippen molar-refractivity contribution >= 4 is 65.0 Å². The average molecular weight is 1140 g/mol. The van der Waals surface area contributed by atoms with Gasteiger partial charge in [-0.15, -0.1) is 0 Å². The van der Waals surface area contributed by atoms with E-state index in [2.05, 4.69) is 101 Å². The summed E-state index contributed by atoms with van der Waals surface area (Å²) in [6.45, 7) is 0. The molecule has 0 unspecified atom stereocenters. The molecule has 0 aliphatic heterocycles. The quantitative estimate of drug-likeness (QED) is 0.139. The Kier molecular flexibility index (Phi) is 15.5. The third kappa shape index (κ3) is 12.4. The van der Waals surface area contributed by atoms with E-state index in [0.29, 0.717) is 45.9 Å². The van der Waals surface area contributed by atoms with Crippen molar-refractivity contribution in [3.63, 3.8) is 0 Å². The minimum absolute atomic E-state index is 0.441. The van der Waals surface area contributed by atoms with E-state index in [-0.39, 0.29) is 0 Å². The number of fused-ring (bicyclic) bond motifs is 2. The summed E-state index contributed by atoms with van der Waals surface area (Å²) >= 11 is 13.3. The number of rotatable bonds is 8. The number of hydrogen-bond donors (Lipinski definition) is 0. The Bertz CT molecular complexity index is 3740. The molecule has 8 nitrogen and oxygen atoms in total. The number of halogens is 3. The highest BCUT2D eigenvalue weighted by Crippen LogP contribution is 2.31. The van der Waals surface area contributed by atoms with E-state index in [0.717, 1.165) is 64.5 Å². The van der Waals surface area contributed by atoms with Crippen molar-refractivity contribution in [3.8, 4) is 91.0 Å². The van der Waals surface area contributed by atoms with Crippen molar-refractivity contribution < 1.29 is 0 Å².